The first-order chi connectivity index (χ1) is 12.6. The fourth-order valence-corrected chi connectivity index (χ4v) is 3.31. The molecule has 0 aromatic rings. The van der Waals surface area contributed by atoms with Gasteiger partial charge in [-0.2, -0.15) is 0 Å². The summed E-state index contributed by atoms with van der Waals surface area (Å²) >= 11 is 0. The van der Waals surface area contributed by atoms with Crippen LogP contribution in [0.25, 0.3) is 0 Å². The SMILES string of the molecule is CO[C@H]1/C=C/CCCC[C@H](NC(=O)OC(C)(C)C)CC/C(C)=C\[C@@H](C)[C@@H]1O. The van der Waals surface area contributed by atoms with Crippen molar-refractivity contribution in [3.8, 4) is 0 Å². The maximum atomic E-state index is 12.1. The molecule has 2 N–H and O–H groups in total. The number of aliphatic hydroxyl groups is 1. The first kappa shape index (κ1) is 23.7. The molecular formula is C22H39NO4. The van der Waals surface area contributed by atoms with Crippen molar-refractivity contribution in [2.75, 3.05) is 7.11 Å². The number of nitrogens with one attached hydrogen (secondary N) is 1. The molecule has 27 heavy (non-hydrogen) atoms. The highest BCUT2D eigenvalue weighted by atomic mass is 16.6. The Morgan fingerprint density at radius 1 is 1.26 bits per heavy atom. The number of aliphatic hydroxyl groups excluding tert-OH is 1. The van der Waals surface area contributed by atoms with Crippen LogP contribution in [0.3, 0.4) is 0 Å². The van der Waals surface area contributed by atoms with Gasteiger partial charge in [-0.3, -0.25) is 0 Å². The fraction of sp³-hybridized carbons (Fsp3) is 0.773. The third-order valence-electron chi connectivity index (χ3n) is 4.80. The topological polar surface area (TPSA) is 67.8 Å². The number of methoxy groups -OCH3 is 1. The molecule has 0 unspecified atom stereocenters. The second kappa shape index (κ2) is 11.5. The Morgan fingerprint density at radius 2 is 1.96 bits per heavy atom. The van der Waals surface area contributed by atoms with E-state index in [2.05, 4.69) is 24.4 Å². The summed E-state index contributed by atoms with van der Waals surface area (Å²) < 4.78 is 10.9. The van der Waals surface area contributed by atoms with Crippen LogP contribution in [-0.2, 0) is 9.47 Å². The Bertz CT molecular complexity index is 507. The van der Waals surface area contributed by atoms with Gasteiger partial charge in [-0.15, -0.1) is 0 Å². The van der Waals surface area contributed by atoms with E-state index >= 15 is 0 Å². The summed E-state index contributed by atoms with van der Waals surface area (Å²) in [6.45, 7) is 9.71. The van der Waals surface area contributed by atoms with Crippen LogP contribution in [0.5, 0.6) is 0 Å². The molecule has 0 aromatic heterocycles. The van der Waals surface area contributed by atoms with Crippen molar-refractivity contribution in [2.24, 2.45) is 5.92 Å². The molecule has 0 saturated heterocycles. The molecule has 5 heteroatoms. The van der Waals surface area contributed by atoms with Crippen molar-refractivity contribution in [1.82, 2.24) is 5.32 Å². The van der Waals surface area contributed by atoms with E-state index < -0.39 is 11.7 Å². The fourth-order valence-electron chi connectivity index (χ4n) is 3.31. The number of alkyl carbamates (subject to hydrolysis) is 1. The molecular weight excluding hydrogens is 342 g/mol. The molecule has 1 amide bonds. The van der Waals surface area contributed by atoms with Crippen LogP contribution in [0.15, 0.2) is 23.8 Å². The van der Waals surface area contributed by atoms with Gasteiger partial charge in [0, 0.05) is 19.1 Å². The van der Waals surface area contributed by atoms with E-state index in [1.165, 1.54) is 5.57 Å². The number of hydrogen-bond acceptors (Lipinski definition) is 4. The first-order valence-corrected chi connectivity index (χ1v) is 10.2. The molecule has 4 atom stereocenters. The minimum atomic E-state index is -0.570. The van der Waals surface area contributed by atoms with Gasteiger partial charge in [0.1, 0.15) is 11.7 Å². The molecule has 1 aliphatic rings. The number of ether oxygens (including phenoxy) is 2. The molecule has 0 aliphatic heterocycles. The summed E-state index contributed by atoms with van der Waals surface area (Å²) in [6, 6.07) is 0.0991. The zero-order valence-corrected chi connectivity index (χ0v) is 18.0. The molecule has 0 aromatic carbocycles. The molecule has 0 saturated carbocycles. The van der Waals surface area contributed by atoms with Crippen LogP contribution in [0, 0.1) is 5.92 Å². The van der Waals surface area contributed by atoms with Crippen LogP contribution in [0.1, 0.15) is 73.1 Å². The van der Waals surface area contributed by atoms with Crippen LogP contribution in [0.2, 0.25) is 0 Å². The second-order valence-corrected chi connectivity index (χ2v) is 8.66. The lowest BCUT2D eigenvalue weighted by atomic mass is 9.93. The maximum Gasteiger partial charge on any atom is 0.407 e. The zero-order chi connectivity index (χ0) is 20.4. The Balaban J connectivity index is 2.79. The van der Waals surface area contributed by atoms with Gasteiger partial charge in [-0.1, -0.05) is 37.1 Å². The van der Waals surface area contributed by atoms with Crippen LogP contribution in [-0.4, -0.2) is 42.2 Å². The van der Waals surface area contributed by atoms with Crippen LogP contribution < -0.4 is 5.32 Å². The van der Waals surface area contributed by atoms with E-state index in [1.54, 1.807) is 7.11 Å². The van der Waals surface area contributed by atoms with Crippen molar-refractivity contribution in [2.45, 2.75) is 97.0 Å². The van der Waals surface area contributed by atoms with Crippen LogP contribution in [0.4, 0.5) is 4.79 Å². The van der Waals surface area contributed by atoms with Gasteiger partial charge in [-0.05, 0) is 59.8 Å². The molecule has 0 fully saturated rings. The van der Waals surface area contributed by atoms with Gasteiger partial charge in [0.2, 0.25) is 0 Å². The summed E-state index contributed by atoms with van der Waals surface area (Å²) in [5, 5.41) is 13.6. The molecule has 1 rings (SSSR count). The number of rotatable bonds is 2. The number of carbonyl (C=O) groups excluding carboxylic acids is 1. The highest BCUT2D eigenvalue weighted by Crippen LogP contribution is 2.20. The van der Waals surface area contributed by atoms with Crippen molar-refractivity contribution < 1.29 is 19.4 Å². The lowest BCUT2D eigenvalue weighted by Crippen LogP contribution is -2.39. The summed E-state index contributed by atoms with van der Waals surface area (Å²) in [7, 11) is 1.64. The molecule has 156 valence electrons. The largest absolute Gasteiger partial charge is 0.444 e. The summed E-state index contributed by atoms with van der Waals surface area (Å²) in [5.41, 5.74) is 0.726. The normalized spacial score (nSPS) is 31.9. The van der Waals surface area contributed by atoms with E-state index in [1.807, 2.05) is 33.8 Å². The third kappa shape index (κ3) is 9.96. The second-order valence-electron chi connectivity index (χ2n) is 8.66. The van der Waals surface area contributed by atoms with Gasteiger partial charge in [0.25, 0.3) is 0 Å². The highest BCUT2D eigenvalue weighted by Gasteiger charge is 2.22. The van der Waals surface area contributed by atoms with Crippen molar-refractivity contribution in [3.05, 3.63) is 23.8 Å². The summed E-state index contributed by atoms with van der Waals surface area (Å²) in [5.74, 6) is -0.000180. The van der Waals surface area contributed by atoms with Crippen molar-refractivity contribution >= 4 is 6.09 Å². The van der Waals surface area contributed by atoms with Gasteiger partial charge < -0.3 is 19.9 Å². The minimum absolute atomic E-state index is 0.000180. The summed E-state index contributed by atoms with van der Waals surface area (Å²) in [6.07, 6.45) is 10.7. The highest BCUT2D eigenvalue weighted by molar-refractivity contribution is 5.68. The standard InChI is InChI=1S/C22H39NO4/c1-16-13-14-18(23-21(25)27-22(3,4)5)11-9-7-8-10-12-19(26-6)20(24)17(2)15-16/h10,12,15,17-20,24H,7-9,11,13-14H2,1-6H3,(H,23,25)/b12-10+,16-15-/t17-,18+,19+,20+/m1/s1. The molecule has 0 spiro atoms. The quantitative estimate of drug-likeness (QED) is 0.678. The lowest BCUT2D eigenvalue weighted by Gasteiger charge is -2.25. The molecule has 5 nitrogen and oxygen atoms in total. The average molecular weight is 382 g/mol. The molecule has 0 heterocycles. The van der Waals surface area contributed by atoms with Gasteiger partial charge in [-0.25, -0.2) is 4.79 Å². The average Bonchev–Trinajstić information content (AvgIpc) is 2.55. The van der Waals surface area contributed by atoms with Crippen molar-refractivity contribution in [1.29, 1.82) is 0 Å². The number of hydrogen-bond donors (Lipinski definition) is 2. The first-order valence-electron chi connectivity index (χ1n) is 10.2. The van der Waals surface area contributed by atoms with Crippen LogP contribution >= 0.6 is 0 Å². The maximum absolute atomic E-state index is 12.1. The Morgan fingerprint density at radius 3 is 2.59 bits per heavy atom. The zero-order valence-electron chi connectivity index (χ0n) is 18.0. The number of allylic oxidation sites excluding steroid dienone is 2. The van der Waals surface area contributed by atoms with E-state index in [0.717, 1.165) is 38.5 Å². The van der Waals surface area contributed by atoms with E-state index in [0.29, 0.717) is 0 Å². The van der Waals surface area contributed by atoms with E-state index in [4.69, 9.17) is 9.47 Å². The Labute approximate surface area is 165 Å². The molecule has 0 bridgehead atoms. The molecule has 0 radical (unpaired) electrons. The molecule has 1 aliphatic carbocycles. The smallest absolute Gasteiger partial charge is 0.407 e. The van der Waals surface area contributed by atoms with Gasteiger partial charge in [0.05, 0.1) is 6.10 Å². The van der Waals surface area contributed by atoms with Gasteiger partial charge >= 0.3 is 6.09 Å². The van der Waals surface area contributed by atoms with Gasteiger partial charge in [0.15, 0.2) is 0 Å². The third-order valence-corrected chi connectivity index (χ3v) is 4.80. The number of amides is 1. The van der Waals surface area contributed by atoms with Crippen molar-refractivity contribution in [3.63, 3.8) is 0 Å². The predicted octanol–water partition coefficient (Wildman–Crippen LogP) is 4.75. The van der Waals surface area contributed by atoms with E-state index in [9.17, 15) is 9.90 Å². The summed E-state index contributed by atoms with van der Waals surface area (Å²) in [4.78, 5) is 12.1. The number of carbonyl (C=O) groups is 1. The monoisotopic (exact) mass is 381 g/mol. The predicted molar refractivity (Wildman–Crippen MR) is 110 cm³/mol. The Hall–Kier alpha value is -1.33. The minimum Gasteiger partial charge on any atom is -0.444 e. The van der Waals surface area contributed by atoms with E-state index in [-0.39, 0.29) is 24.2 Å². The lowest BCUT2D eigenvalue weighted by molar-refractivity contribution is -0.00188. The Kier molecular flexibility index (Phi) is 10.1.